The van der Waals surface area contributed by atoms with Gasteiger partial charge in [-0.15, -0.1) is 0 Å². The Morgan fingerprint density at radius 2 is 1.55 bits per heavy atom. The fraction of sp³-hybridized carbons (Fsp3) is 1.00. The van der Waals surface area contributed by atoms with E-state index in [9.17, 15) is 0 Å². The Balaban J connectivity index is 2.32. The van der Waals surface area contributed by atoms with Crippen LogP contribution in [0.5, 0.6) is 0 Å². The second-order valence-corrected chi connectivity index (χ2v) is 4.65. The molecular formula is C11H22. The molecule has 11 heavy (non-hydrogen) atoms. The van der Waals surface area contributed by atoms with Crippen LogP contribution in [0, 0.1) is 23.7 Å². The van der Waals surface area contributed by atoms with Crippen molar-refractivity contribution < 1.29 is 0 Å². The molecule has 1 rings (SSSR count). The van der Waals surface area contributed by atoms with Gasteiger partial charge < -0.3 is 0 Å². The highest BCUT2D eigenvalue weighted by atomic mass is 14.3. The van der Waals surface area contributed by atoms with Gasteiger partial charge in [0.2, 0.25) is 0 Å². The number of hydrogen-bond acceptors (Lipinski definition) is 0. The van der Waals surface area contributed by atoms with Crippen LogP contribution in [0.4, 0.5) is 0 Å². The van der Waals surface area contributed by atoms with Crippen molar-refractivity contribution in [2.45, 2.75) is 47.0 Å². The zero-order chi connectivity index (χ0) is 8.43. The van der Waals surface area contributed by atoms with Gasteiger partial charge in [-0.05, 0) is 23.7 Å². The molecule has 1 aliphatic carbocycles. The quantitative estimate of drug-likeness (QED) is 0.581. The summed E-state index contributed by atoms with van der Waals surface area (Å²) in [5, 5.41) is 0. The van der Waals surface area contributed by atoms with Crippen LogP contribution < -0.4 is 0 Å². The van der Waals surface area contributed by atoms with Gasteiger partial charge in [-0.3, -0.25) is 0 Å². The highest BCUT2D eigenvalue weighted by Gasteiger charge is 2.28. The fourth-order valence-corrected chi connectivity index (χ4v) is 2.00. The molecule has 0 aliphatic heterocycles. The maximum Gasteiger partial charge on any atom is -0.0386 e. The van der Waals surface area contributed by atoms with Crippen molar-refractivity contribution >= 4 is 0 Å². The van der Waals surface area contributed by atoms with E-state index in [1.54, 1.807) is 0 Å². The topological polar surface area (TPSA) is 0 Å². The molecule has 2 unspecified atom stereocenters. The third kappa shape index (κ3) is 1.98. The van der Waals surface area contributed by atoms with Gasteiger partial charge in [-0.1, -0.05) is 47.0 Å². The van der Waals surface area contributed by atoms with Crippen molar-refractivity contribution in [3.63, 3.8) is 0 Å². The first-order chi connectivity index (χ1) is 5.13. The summed E-state index contributed by atoms with van der Waals surface area (Å²) in [6.07, 6.45) is 4.48. The summed E-state index contributed by atoms with van der Waals surface area (Å²) < 4.78 is 0. The molecule has 1 aliphatic rings. The third-order valence-corrected chi connectivity index (χ3v) is 3.77. The molecule has 0 saturated heterocycles. The third-order valence-electron chi connectivity index (χ3n) is 3.77. The minimum absolute atomic E-state index is 0.866. The zero-order valence-corrected chi connectivity index (χ0v) is 8.43. The molecule has 66 valence electrons. The van der Waals surface area contributed by atoms with Gasteiger partial charge in [-0.25, -0.2) is 0 Å². The van der Waals surface area contributed by atoms with Crippen LogP contribution in [0.2, 0.25) is 0 Å². The number of hydrogen-bond donors (Lipinski definition) is 0. The zero-order valence-electron chi connectivity index (χ0n) is 8.43. The standard InChI is InChI=1S/C11H22/c1-8(2)9(3)10(4)11-6-5-7-11/h8-11H,5-7H2,1-4H3. The lowest BCUT2D eigenvalue weighted by atomic mass is 9.69. The molecule has 0 bridgehead atoms. The van der Waals surface area contributed by atoms with Gasteiger partial charge >= 0.3 is 0 Å². The second kappa shape index (κ2) is 3.60. The molecule has 0 aromatic carbocycles. The van der Waals surface area contributed by atoms with Gasteiger partial charge in [-0.2, -0.15) is 0 Å². The Hall–Kier alpha value is 0. The van der Waals surface area contributed by atoms with Crippen LogP contribution in [-0.2, 0) is 0 Å². The Morgan fingerprint density at radius 3 is 1.82 bits per heavy atom. The molecule has 2 atom stereocenters. The van der Waals surface area contributed by atoms with Gasteiger partial charge in [0.15, 0.2) is 0 Å². The SMILES string of the molecule is CC(C)C(C)C(C)C1CCC1. The largest absolute Gasteiger partial charge is 0.0625 e. The van der Waals surface area contributed by atoms with Crippen LogP contribution in [0.15, 0.2) is 0 Å². The van der Waals surface area contributed by atoms with E-state index < -0.39 is 0 Å². The Morgan fingerprint density at radius 1 is 1.00 bits per heavy atom. The predicted molar refractivity (Wildman–Crippen MR) is 50.5 cm³/mol. The highest BCUT2D eigenvalue weighted by molar-refractivity contribution is 4.79. The Kier molecular flexibility index (Phi) is 2.98. The lowest BCUT2D eigenvalue weighted by Crippen LogP contribution is -2.27. The molecule has 1 saturated carbocycles. The van der Waals surface area contributed by atoms with Crippen LogP contribution in [0.25, 0.3) is 0 Å². The molecular weight excluding hydrogens is 132 g/mol. The molecule has 0 spiro atoms. The minimum atomic E-state index is 0.866. The van der Waals surface area contributed by atoms with E-state index in [0.717, 1.165) is 23.7 Å². The van der Waals surface area contributed by atoms with Crippen molar-refractivity contribution in [2.24, 2.45) is 23.7 Å². The van der Waals surface area contributed by atoms with Crippen molar-refractivity contribution in [3.05, 3.63) is 0 Å². The molecule has 0 nitrogen and oxygen atoms in total. The molecule has 0 aromatic rings. The molecule has 0 N–H and O–H groups in total. The first-order valence-corrected chi connectivity index (χ1v) is 5.13. The van der Waals surface area contributed by atoms with E-state index in [2.05, 4.69) is 27.7 Å². The molecule has 0 heteroatoms. The number of rotatable bonds is 3. The predicted octanol–water partition coefficient (Wildman–Crippen LogP) is 3.71. The maximum atomic E-state index is 2.44. The Bertz CT molecular complexity index is 111. The van der Waals surface area contributed by atoms with Crippen molar-refractivity contribution in [3.8, 4) is 0 Å². The fourth-order valence-electron chi connectivity index (χ4n) is 2.00. The molecule has 0 amide bonds. The molecule has 1 fully saturated rings. The summed E-state index contributed by atoms with van der Waals surface area (Å²) in [6, 6.07) is 0. The van der Waals surface area contributed by atoms with E-state index in [0.29, 0.717) is 0 Å². The van der Waals surface area contributed by atoms with Crippen LogP contribution in [0.1, 0.15) is 47.0 Å². The van der Waals surface area contributed by atoms with Crippen molar-refractivity contribution in [1.82, 2.24) is 0 Å². The first-order valence-electron chi connectivity index (χ1n) is 5.13. The van der Waals surface area contributed by atoms with Crippen molar-refractivity contribution in [1.29, 1.82) is 0 Å². The summed E-state index contributed by atoms with van der Waals surface area (Å²) in [5.41, 5.74) is 0. The highest BCUT2D eigenvalue weighted by Crippen LogP contribution is 2.38. The van der Waals surface area contributed by atoms with Crippen molar-refractivity contribution in [2.75, 3.05) is 0 Å². The van der Waals surface area contributed by atoms with E-state index in [1.807, 2.05) is 0 Å². The average Bonchev–Trinajstić information content (AvgIpc) is 1.82. The lowest BCUT2D eigenvalue weighted by Gasteiger charge is -2.36. The van der Waals surface area contributed by atoms with E-state index >= 15 is 0 Å². The lowest BCUT2D eigenvalue weighted by molar-refractivity contribution is 0.140. The van der Waals surface area contributed by atoms with Crippen LogP contribution in [0.3, 0.4) is 0 Å². The summed E-state index contributed by atoms with van der Waals surface area (Å²) in [4.78, 5) is 0. The normalized spacial score (nSPS) is 24.8. The Labute approximate surface area is 71.4 Å². The average molecular weight is 154 g/mol. The maximum absolute atomic E-state index is 2.44. The smallest absolute Gasteiger partial charge is 0.0386 e. The molecule has 0 heterocycles. The first kappa shape index (κ1) is 9.09. The van der Waals surface area contributed by atoms with Gasteiger partial charge in [0.25, 0.3) is 0 Å². The molecule has 0 aromatic heterocycles. The molecule has 0 radical (unpaired) electrons. The second-order valence-electron chi connectivity index (χ2n) is 4.65. The monoisotopic (exact) mass is 154 g/mol. The van der Waals surface area contributed by atoms with Gasteiger partial charge in [0.1, 0.15) is 0 Å². The summed E-state index contributed by atoms with van der Waals surface area (Å²) in [5.74, 6) is 3.81. The summed E-state index contributed by atoms with van der Waals surface area (Å²) >= 11 is 0. The van der Waals surface area contributed by atoms with Crippen LogP contribution >= 0.6 is 0 Å². The summed E-state index contributed by atoms with van der Waals surface area (Å²) in [6.45, 7) is 9.54. The van der Waals surface area contributed by atoms with E-state index in [1.165, 1.54) is 19.3 Å². The summed E-state index contributed by atoms with van der Waals surface area (Å²) in [7, 11) is 0. The van der Waals surface area contributed by atoms with Crippen LogP contribution in [-0.4, -0.2) is 0 Å². The van der Waals surface area contributed by atoms with Gasteiger partial charge in [0.05, 0.1) is 0 Å². The van der Waals surface area contributed by atoms with Gasteiger partial charge in [0, 0.05) is 0 Å². The minimum Gasteiger partial charge on any atom is -0.0625 e. The van der Waals surface area contributed by atoms with E-state index in [4.69, 9.17) is 0 Å². The van der Waals surface area contributed by atoms with E-state index in [-0.39, 0.29) is 0 Å².